The van der Waals surface area contributed by atoms with Gasteiger partial charge in [-0.15, -0.1) is 0 Å². The number of carbonyl (C=O) groups is 1. The molecule has 0 radical (unpaired) electrons. The van der Waals surface area contributed by atoms with Gasteiger partial charge in [0.2, 0.25) is 5.91 Å². The van der Waals surface area contributed by atoms with Crippen LogP contribution in [0.15, 0.2) is 54.6 Å². The summed E-state index contributed by atoms with van der Waals surface area (Å²) in [6.45, 7) is 3.63. The third kappa shape index (κ3) is 4.15. The van der Waals surface area contributed by atoms with Gasteiger partial charge in [0.1, 0.15) is 5.82 Å². The fraction of sp³-hybridized carbons (Fsp3) is 0.304. The number of nitrogens with one attached hydrogen (secondary N) is 1. The van der Waals surface area contributed by atoms with Gasteiger partial charge >= 0.3 is 0 Å². The van der Waals surface area contributed by atoms with Crippen LogP contribution in [-0.4, -0.2) is 24.0 Å². The van der Waals surface area contributed by atoms with Gasteiger partial charge in [0.05, 0.1) is 5.52 Å². The molecule has 144 valence electrons. The fourth-order valence-electron chi connectivity index (χ4n) is 3.79. The fourth-order valence-corrected chi connectivity index (χ4v) is 3.79. The Morgan fingerprint density at radius 3 is 2.50 bits per heavy atom. The molecule has 3 N–H and O–H groups in total. The minimum absolute atomic E-state index is 0.395. The molecule has 3 aromatic rings. The summed E-state index contributed by atoms with van der Waals surface area (Å²) in [6, 6.07) is 18.0. The number of hydrogen-bond acceptors (Lipinski definition) is 4. The van der Waals surface area contributed by atoms with E-state index in [1.165, 1.54) is 30.2 Å². The zero-order chi connectivity index (χ0) is 19.3. The van der Waals surface area contributed by atoms with Gasteiger partial charge in [-0.1, -0.05) is 30.3 Å². The summed E-state index contributed by atoms with van der Waals surface area (Å²) in [5, 5.41) is 4.70. The molecule has 1 amide bonds. The SMILES string of the molecule is NC(=O)c1ccc(CNCc2cc3ccccc3nc2N2CCCCC2)cc1. The summed E-state index contributed by atoms with van der Waals surface area (Å²) in [5.74, 6) is 0.711. The monoisotopic (exact) mass is 374 g/mol. The third-order valence-corrected chi connectivity index (χ3v) is 5.32. The molecule has 0 atom stereocenters. The zero-order valence-electron chi connectivity index (χ0n) is 16.0. The van der Waals surface area contributed by atoms with Crippen LogP contribution >= 0.6 is 0 Å². The van der Waals surface area contributed by atoms with Gasteiger partial charge in [-0.3, -0.25) is 4.79 Å². The highest BCUT2D eigenvalue weighted by Gasteiger charge is 2.17. The number of hydrogen-bond donors (Lipinski definition) is 2. The molecule has 2 heterocycles. The van der Waals surface area contributed by atoms with E-state index in [1.807, 2.05) is 18.2 Å². The van der Waals surface area contributed by atoms with Crippen LogP contribution in [0.2, 0.25) is 0 Å². The summed E-state index contributed by atoms with van der Waals surface area (Å²) < 4.78 is 0. The van der Waals surface area contributed by atoms with Crippen molar-refractivity contribution >= 4 is 22.6 Å². The minimum Gasteiger partial charge on any atom is -0.366 e. The van der Waals surface area contributed by atoms with Gasteiger partial charge < -0.3 is 16.0 Å². The number of primary amides is 1. The highest BCUT2D eigenvalue weighted by Crippen LogP contribution is 2.26. The van der Waals surface area contributed by atoms with E-state index in [4.69, 9.17) is 10.7 Å². The number of nitrogens with zero attached hydrogens (tertiary/aromatic N) is 2. The number of aromatic nitrogens is 1. The Morgan fingerprint density at radius 1 is 1.00 bits per heavy atom. The second-order valence-electron chi connectivity index (χ2n) is 7.38. The second-order valence-corrected chi connectivity index (χ2v) is 7.38. The molecule has 1 aromatic heterocycles. The maximum absolute atomic E-state index is 11.2. The number of carbonyl (C=O) groups excluding carboxylic acids is 1. The molecule has 5 nitrogen and oxygen atoms in total. The van der Waals surface area contributed by atoms with E-state index in [0.717, 1.165) is 43.1 Å². The first-order chi connectivity index (χ1) is 13.7. The predicted octanol–water partition coefficient (Wildman–Crippen LogP) is 3.61. The quantitative estimate of drug-likeness (QED) is 0.691. The lowest BCUT2D eigenvalue weighted by atomic mass is 10.1. The van der Waals surface area contributed by atoms with Crippen molar-refractivity contribution in [2.24, 2.45) is 5.73 Å². The van der Waals surface area contributed by atoms with E-state index in [9.17, 15) is 4.79 Å². The Kier molecular flexibility index (Phi) is 5.53. The molecule has 4 rings (SSSR count). The standard InChI is InChI=1S/C23H26N4O/c24-22(28)18-10-8-17(9-11-18)15-25-16-20-14-19-6-2-3-7-21(19)26-23(20)27-12-4-1-5-13-27/h2-3,6-11,14,25H,1,4-5,12-13,15-16H2,(H2,24,28). The number of nitrogens with two attached hydrogens (primary N) is 1. The van der Waals surface area contributed by atoms with Crippen molar-refractivity contribution in [1.29, 1.82) is 0 Å². The largest absolute Gasteiger partial charge is 0.366 e. The van der Waals surface area contributed by atoms with Crippen LogP contribution in [-0.2, 0) is 13.1 Å². The van der Waals surface area contributed by atoms with Crippen molar-refractivity contribution < 1.29 is 4.79 Å². The average molecular weight is 374 g/mol. The maximum Gasteiger partial charge on any atom is 0.248 e. The molecule has 0 unspecified atom stereocenters. The molecular weight excluding hydrogens is 348 g/mol. The normalized spacial score (nSPS) is 14.4. The molecule has 0 spiro atoms. The topological polar surface area (TPSA) is 71.2 Å². The molecule has 1 aliphatic heterocycles. The van der Waals surface area contributed by atoms with E-state index in [1.54, 1.807) is 12.1 Å². The molecule has 0 saturated carbocycles. The van der Waals surface area contributed by atoms with E-state index >= 15 is 0 Å². The second kappa shape index (κ2) is 8.40. The zero-order valence-corrected chi connectivity index (χ0v) is 16.0. The minimum atomic E-state index is -0.395. The summed E-state index contributed by atoms with van der Waals surface area (Å²) in [7, 11) is 0. The Labute approximate surface area is 165 Å². The number of rotatable bonds is 6. The van der Waals surface area contributed by atoms with Gasteiger partial charge in [-0.2, -0.15) is 0 Å². The van der Waals surface area contributed by atoms with E-state index in [0.29, 0.717) is 5.56 Å². The first-order valence-corrected chi connectivity index (χ1v) is 9.94. The van der Waals surface area contributed by atoms with Gasteiger partial charge in [-0.05, 0) is 49.1 Å². The number of amides is 1. The lowest BCUT2D eigenvalue weighted by Gasteiger charge is -2.30. The van der Waals surface area contributed by atoms with Crippen molar-refractivity contribution in [3.8, 4) is 0 Å². The highest BCUT2D eigenvalue weighted by molar-refractivity contribution is 5.92. The van der Waals surface area contributed by atoms with E-state index in [2.05, 4.69) is 34.5 Å². The smallest absolute Gasteiger partial charge is 0.248 e. The van der Waals surface area contributed by atoms with Gasteiger partial charge in [0, 0.05) is 42.7 Å². The number of benzene rings is 2. The van der Waals surface area contributed by atoms with Crippen LogP contribution in [0.3, 0.4) is 0 Å². The number of pyridine rings is 1. The average Bonchev–Trinajstić information content (AvgIpc) is 2.74. The van der Waals surface area contributed by atoms with Crippen LogP contribution in [0.25, 0.3) is 10.9 Å². The Hall–Kier alpha value is -2.92. The molecular formula is C23H26N4O. The van der Waals surface area contributed by atoms with Crippen molar-refractivity contribution in [3.05, 3.63) is 71.3 Å². The molecule has 28 heavy (non-hydrogen) atoms. The number of fused-ring (bicyclic) bond motifs is 1. The summed E-state index contributed by atoms with van der Waals surface area (Å²) in [4.78, 5) is 18.6. The van der Waals surface area contributed by atoms with Gasteiger partial charge in [-0.25, -0.2) is 4.98 Å². The van der Waals surface area contributed by atoms with Crippen molar-refractivity contribution in [1.82, 2.24) is 10.3 Å². The third-order valence-electron chi connectivity index (χ3n) is 5.32. The summed E-state index contributed by atoms with van der Waals surface area (Å²) in [6.07, 6.45) is 3.76. The molecule has 5 heteroatoms. The highest BCUT2D eigenvalue weighted by atomic mass is 16.1. The lowest BCUT2D eigenvalue weighted by molar-refractivity contribution is 0.100. The van der Waals surface area contributed by atoms with Crippen LogP contribution < -0.4 is 16.0 Å². The van der Waals surface area contributed by atoms with Crippen molar-refractivity contribution in [3.63, 3.8) is 0 Å². The molecule has 2 aromatic carbocycles. The van der Waals surface area contributed by atoms with E-state index in [-0.39, 0.29) is 0 Å². The van der Waals surface area contributed by atoms with Crippen LogP contribution in [0.1, 0.15) is 40.7 Å². The molecule has 1 aliphatic rings. The molecule has 0 aliphatic carbocycles. The summed E-state index contributed by atoms with van der Waals surface area (Å²) in [5.41, 5.74) is 9.25. The lowest BCUT2D eigenvalue weighted by Crippen LogP contribution is -2.31. The number of piperidine rings is 1. The van der Waals surface area contributed by atoms with Crippen molar-refractivity contribution in [2.45, 2.75) is 32.4 Å². The Balaban J connectivity index is 1.52. The Morgan fingerprint density at radius 2 is 1.75 bits per heavy atom. The van der Waals surface area contributed by atoms with Crippen molar-refractivity contribution in [2.75, 3.05) is 18.0 Å². The molecule has 1 saturated heterocycles. The van der Waals surface area contributed by atoms with Gasteiger partial charge in [0.15, 0.2) is 0 Å². The molecule has 0 bridgehead atoms. The van der Waals surface area contributed by atoms with E-state index < -0.39 is 5.91 Å². The first-order valence-electron chi connectivity index (χ1n) is 9.94. The van der Waals surface area contributed by atoms with Crippen LogP contribution in [0, 0.1) is 0 Å². The first kappa shape index (κ1) is 18.4. The number of anilines is 1. The maximum atomic E-state index is 11.2. The Bertz CT molecular complexity index is 962. The van der Waals surface area contributed by atoms with Gasteiger partial charge in [0.25, 0.3) is 0 Å². The molecule has 1 fully saturated rings. The predicted molar refractivity (Wildman–Crippen MR) is 113 cm³/mol. The van der Waals surface area contributed by atoms with Crippen LogP contribution in [0.4, 0.5) is 5.82 Å². The van der Waals surface area contributed by atoms with Crippen LogP contribution in [0.5, 0.6) is 0 Å². The summed E-state index contributed by atoms with van der Waals surface area (Å²) >= 11 is 0. The number of para-hydroxylation sites is 1.